The minimum absolute atomic E-state index is 0.315. The Morgan fingerprint density at radius 1 is 1.57 bits per heavy atom. The maximum Gasteiger partial charge on any atom is 0.0539 e. The van der Waals surface area contributed by atoms with E-state index in [1.807, 2.05) is 22.4 Å². The molecule has 1 aromatic heterocycles. The summed E-state index contributed by atoms with van der Waals surface area (Å²) in [4.78, 5) is 0. The van der Waals surface area contributed by atoms with Crippen LogP contribution in [-0.2, 0) is 9.71 Å². The van der Waals surface area contributed by atoms with Crippen molar-refractivity contribution in [3.05, 3.63) is 24.0 Å². The Balaban J connectivity index is 2.33. The molecule has 1 saturated carbocycles. The lowest BCUT2D eigenvalue weighted by molar-refractivity contribution is 0.674. The molecule has 78 valence electrons. The highest BCUT2D eigenvalue weighted by molar-refractivity contribution is 7.99. The largest absolute Gasteiger partial charge is 0.282 e. The molecule has 2 rings (SSSR count). The van der Waals surface area contributed by atoms with Crippen LogP contribution in [0.2, 0.25) is 0 Å². The van der Waals surface area contributed by atoms with E-state index in [4.69, 9.17) is 0 Å². The fourth-order valence-electron chi connectivity index (χ4n) is 1.53. The summed E-state index contributed by atoms with van der Waals surface area (Å²) in [6, 6.07) is 2.04. The van der Waals surface area contributed by atoms with Crippen molar-refractivity contribution in [3.8, 4) is 0 Å². The van der Waals surface area contributed by atoms with Gasteiger partial charge in [0.25, 0.3) is 0 Å². The number of aromatic nitrogens is 1. The molecule has 1 unspecified atom stereocenters. The molecule has 0 aromatic carbocycles. The van der Waals surface area contributed by atoms with E-state index in [2.05, 4.69) is 19.7 Å². The second-order valence-corrected chi connectivity index (χ2v) is 6.82. The van der Waals surface area contributed by atoms with Crippen LogP contribution in [0.1, 0.15) is 38.2 Å². The van der Waals surface area contributed by atoms with Gasteiger partial charge in [0.2, 0.25) is 0 Å². The van der Waals surface area contributed by atoms with Gasteiger partial charge in [0.05, 0.1) is 9.71 Å². The third kappa shape index (κ3) is 1.61. The fourth-order valence-corrected chi connectivity index (χ4v) is 3.32. The van der Waals surface area contributed by atoms with Crippen molar-refractivity contribution in [1.82, 2.24) is 3.97 Å². The van der Waals surface area contributed by atoms with Gasteiger partial charge in [0.15, 0.2) is 0 Å². The first kappa shape index (κ1) is 9.84. The van der Waals surface area contributed by atoms with E-state index in [9.17, 15) is 4.21 Å². The zero-order valence-corrected chi connectivity index (χ0v) is 9.59. The van der Waals surface area contributed by atoms with Gasteiger partial charge < -0.3 is 0 Å². The minimum Gasteiger partial charge on any atom is -0.282 e. The molecule has 0 spiro atoms. The molecule has 0 aliphatic heterocycles. The second kappa shape index (κ2) is 3.16. The van der Waals surface area contributed by atoms with E-state index < -0.39 is 9.71 Å². The molecule has 0 N–H and O–H groups in total. The van der Waals surface area contributed by atoms with Crippen molar-refractivity contribution < 1.29 is 4.21 Å². The van der Waals surface area contributed by atoms with Crippen LogP contribution in [0, 0.1) is 0 Å². The summed E-state index contributed by atoms with van der Waals surface area (Å²) in [6.45, 7) is 4.28. The molecule has 0 bridgehead atoms. The Bertz CT molecular complexity index is 424. The molecule has 1 fully saturated rings. The molecule has 1 aliphatic carbocycles. The molecular formula is C11H17NOS. The normalized spacial score (nSPS) is 21.1. The van der Waals surface area contributed by atoms with E-state index in [0.717, 1.165) is 12.8 Å². The molecule has 14 heavy (non-hydrogen) atoms. The van der Waals surface area contributed by atoms with E-state index >= 15 is 0 Å². The van der Waals surface area contributed by atoms with Gasteiger partial charge in [-0.05, 0) is 36.3 Å². The monoisotopic (exact) mass is 211 g/mol. The summed E-state index contributed by atoms with van der Waals surface area (Å²) < 4.78 is 14.1. The first-order valence-electron chi connectivity index (χ1n) is 5.06. The predicted octanol–water partition coefficient (Wildman–Crippen LogP) is 2.25. The molecule has 0 radical (unpaired) electrons. The Labute approximate surface area is 86.1 Å². The van der Waals surface area contributed by atoms with Gasteiger partial charge in [-0.25, -0.2) is 4.21 Å². The molecule has 1 aromatic rings. The first-order valence-corrected chi connectivity index (χ1v) is 6.81. The summed E-state index contributed by atoms with van der Waals surface area (Å²) >= 11 is 0. The number of rotatable bonds is 3. The fraction of sp³-hybridized carbons (Fsp3) is 0.545. The van der Waals surface area contributed by atoms with Crippen LogP contribution < -0.4 is 0 Å². The Kier molecular flexibility index (Phi) is 2.22. The summed E-state index contributed by atoms with van der Waals surface area (Å²) in [5.74, 6) is 4.36. The maximum atomic E-state index is 12.2. The summed E-state index contributed by atoms with van der Waals surface area (Å²) in [7, 11) is -2.06. The van der Waals surface area contributed by atoms with E-state index in [1.54, 1.807) is 0 Å². The van der Waals surface area contributed by atoms with Gasteiger partial charge in [0.1, 0.15) is 0 Å². The summed E-state index contributed by atoms with van der Waals surface area (Å²) in [5.41, 5.74) is 1.24. The molecule has 0 amide bonds. The van der Waals surface area contributed by atoms with Gasteiger partial charge in [-0.15, -0.1) is 0 Å². The van der Waals surface area contributed by atoms with Crippen molar-refractivity contribution in [2.45, 2.75) is 37.9 Å². The summed E-state index contributed by atoms with van der Waals surface area (Å²) in [6.07, 6.45) is 6.02. The number of hydrogen-bond donors (Lipinski definition) is 0. The maximum absolute atomic E-state index is 12.2. The topological polar surface area (TPSA) is 22.0 Å². The summed E-state index contributed by atoms with van der Waals surface area (Å²) in [5, 5.41) is 0.315. The van der Waals surface area contributed by atoms with E-state index in [-0.39, 0.29) is 0 Å². The van der Waals surface area contributed by atoms with Crippen molar-refractivity contribution in [2.75, 3.05) is 0 Å². The van der Waals surface area contributed by atoms with E-state index in [0.29, 0.717) is 11.2 Å². The molecule has 2 nitrogen and oxygen atoms in total. The molecule has 3 heteroatoms. The number of nitrogens with zero attached hydrogens (tertiary/aromatic N) is 1. The predicted molar refractivity (Wildman–Crippen MR) is 62.2 cm³/mol. The third-order valence-electron chi connectivity index (χ3n) is 2.76. The molecule has 1 aliphatic rings. The first-order chi connectivity index (χ1) is 6.51. The highest BCUT2D eigenvalue weighted by Crippen LogP contribution is 2.30. The Morgan fingerprint density at radius 3 is 2.64 bits per heavy atom. The van der Waals surface area contributed by atoms with Crippen molar-refractivity contribution >= 4 is 15.6 Å². The highest BCUT2D eigenvalue weighted by atomic mass is 32.2. The van der Waals surface area contributed by atoms with Crippen LogP contribution in [0.5, 0.6) is 0 Å². The van der Waals surface area contributed by atoms with Gasteiger partial charge in [-0.3, -0.25) is 3.97 Å². The standard InChI is InChI=1S/C11H17NOS/c1-9(2)10-6-7-12(8-10)14(3,13)11-4-5-11/h6-9,11H,3-5H2,1-2H3. The van der Waals surface area contributed by atoms with Crippen LogP contribution >= 0.6 is 0 Å². The Hall–Kier alpha value is -0.700. The molecule has 1 atom stereocenters. The van der Waals surface area contributed by atoms with E-state index in [1.165, 1.54) is 5.56 Å². The van der Waals surface area contributed by atoms with Crippen molar-refractivity contribution in [3.63, 3.8) is 0 Å². The Morgan fingerprint density at radius 2 is 2.21 bits per heavy atom. The van der Waals surface area contributed by atoms with Gasteiger partial charge >= 0.3 is 0 Å². The second-order valence-electron chi connectivity index (χ2n) is 4.35. The molecule has 0 saturated heterocycles. The average Bonchev–Trinajstić information content (AvgIpc) is 2.82. The zero-order valence-electron chi connectivity index (χ0n) is 8.77. The van der Waals surface area contributed by atoms with Crippen LogP contribution in [0.25, 0.3) is 0 Å². The van der Waals surface area contributed by atoms with Crippen molar-refractivity contribution in [1.29, 1.82) is 0 Å². The SMILES string of the molecule is C=S(=O)(C1CC1)n1ccc(C(C)C)c1. The van der Waals surface area contributed by atoms with Crippen LogP contribution in [0.4, 0.5) is 0 Å². The molecular weight excluding hydrogens is 194 g/mol. The van der Waals surface area contributed by atoms with Gasteiger partial charge in [-0.1, -0.05) is 13.8 Å². The zero-order chi connectivity index (χ0) is 10.3. The van der Waals surface area contributed by atoms with Crippen LogP contribution in [0.15, 0.2) is 18.5 Å². The van der Waals surface area contributed by atoms with Gasteiger partial charge in [-0.2, -0.15) is 0 Å². The molecule has 1 heterocycles. The van der Waals surface area contributed by atoms with Crippen LogP contribution in [0.3, 0.4) is 0 Å². The average molecular weight is 211 g/mol. The quantitative estimate of drug-likeness (QED) is 0.703. The minimum atomic E-state index is -2.06. The lowest BCUT2D eigenvalue weighted by Gasteiger charge is -2.09. The highest BCUT2D eigenvalue weighted by Gasteiger charge is 2.31. The smallest absolute Gasteiger partial charge is 0.0539 e. The number of hydrogen-bond acceptors (Lipinski definition) is 1. The third-order valence-corrected chi connectivity index (χ3v) is 5.21. The van der Waals surface area contributed by atoms with Crippen molar-refractivity contribution in [2.24, 2.45) is 0 Å². The lowest BCUT2D eigenvalue weighted by Crippen LogP contribution is -2.15. The van der Waals surface area contributed by atoms with Crippen LogP contribution in [-0.4, -0.2) is 19.3 Å². The van der Waals surface area contributed by atoms with Gasteiger partial charge in [0, 0.05) is 17.6 Å². The lowest BCUT2D eigenvalue weighted by atomic mass is 10.1.